The summed E-state index contributed by atoms with van der Waals surface area (Å²) >= 11 is 10.5. The molecule has 1 aliphatic rings. The lowest BCUT2D eigenvalue weighted by Gasteiger charge is -2.23. The van der Waals surface area contributed by atoms with Crippen molar-refractivity contribution in [3.63, 3.8) is 0 Å². The number of halogens is 2. The van der Waals surface area contributed by atoms with E-state index in [1.807, 2.05) is 4.90 Å². The SMILES string of the molecule is NC(=S)CCN(c1ncc(Cl)cc1F)C1CC1. The van der Waals surface area contributed by atoms with Crippen molar-refractivity contribution in [1.29, 1.82) is 0 Å². The van der Waals surface area contributed by atoms with Gasteiger partial charge >= 0.3 is 0 Å². The van der Waals surface area contributed by atoms with Gasteiger partial charge in [0.05, 0.1) is 10.0 Å². The maximum Gasteiger partial charge on any atom is 0.167 e. The van der Waals surface area contributed by atoms with Crippen LogP contribution in [-0.2, 0) is 0 Å². The molecule has 0 atom stereocenters. The molecule has 0 bridgehead atoms. The summed E-state index contributed by atoms with van der Waals surface area (Å²) < 4.78 is 13.8. The Hall–Kier alpha value is -0.940. The third-order valence-electron chi connectivity index (χ3n) is 2.65. The molecule has 1 aromatic rings. The fourth-order valence-electron chi connectivity index (χ4n) is 1.70. The van der Waals surface area contributed by atoms with Crippen LogP contribution in [0.1, 0.15) is 19.3 Å². The summed E-state index contributed by atoms with van der Waals surface area (Å²) in [6.07, 6.45) is 4.13. The molecular weight excluding hydrogens is 261 g/mol. The molecular formula is C11H13ClFN3S. The zero-order chi connectivity index (χ0) is 12.4. The Morgan fingerprint density at radius 1 is 1.65 bits per heavy atom. The zero-order valence-electron chi connectivity index (χ0n) is 9.20. The van der Waals surface area contributed by atoms with Crippen molar-refractivity contribution in [2.75, 3.05) is 11.4 Å². The molecule has 0 radical (unpaired) electrons. The molecule has 2 N–H and O–H groups in total. The number of hydrogen-bond donors (Lipinski definition) is 1. The molecule has 0 saturated heterocycles. The van der Waals surface area contributed by atoms with Crippen LogP contribution in [0.2, 0.25) is 5.02 Å². The Balaban J connectivity index is 2.17. The fourth-order valence-corrected chi connectivity index (χ4v) is 1.93. The largest absolute Gasteiger partial charge is 0.393 e. The molecule has 1 fully saturated rings. The van der Waals surface area contributed by atoms with E-state index < -0.39 is 5.82 Å². The van der Waals surface area contributed by atoms with Gasteiger partial charge in [-0.2, -0.15) is 0 Å². The van der Waals surface area contributed by atoms with Crippen molar-refractivity contribution in [2.24, 2.45) is 5.73 Å². The highest BCUT2D eigenvalue weighted by Crippen LogP contribution is 2.32. The van der Waals surface area contributed by atoms with E-state index in [-0.39, 0.29) is 0 Å². The van der Waals surface area contributed by atoms with Gasteiger partial charge in [0.25, 0.3) is 0 Å². The second-order valence-corrected chi connectivity index (χ2v) is 5.06. The van der Waals surface area contributed by atoms with Gasteiger partial charge < -0.3 is 10.6 Å². The molecule has 1 aliphatic carbocycles. The standard InChI is InChI=1S/C11H13ClFN3S/c12-7-5-9(13)11(15-6-7)16(8-1-2-8)4-3-10(14)17/h5-6,8H,1-4H2,(H2,14,17). The minimum absolute atomic E-state index is 0.302. The van der Waals surface area contributed by atoms with E-state index in [9.17, 15) is 4.39 Å². The predicted molar refractivity (Wildman–Crippen MR) is 71.0 cm³/mol. The van der Waals surface area contributed by atoms with Crippen LogP contribution in [0.25, 0.3) is 0 Å². The van der Waals surface area contributed by atoms with Gasteiger partial charge in [-0.15, -0.1) is 0 Å². The summed E-state index contributed by atoms with van der Waals surface area (Å²) in [6.45, 7) is 0.603. The topological polar surface area (TPSA) is 42.1 Å². The average molecular weight is 274 g/mol. The highest BCUT2D eigenvalue weighted by Gasteiger charge is 2.31. The molecule has 0 amide bonds. The van der Waals surface area contributed by atoms with Gasteiger partial charge in [-0.25, -0.2) is 9.37 Å². The van der Waals surface area contributed by atoms with Crippen LogP contribution < -0.4 is 10.6 Å². The Morgan fingerprint density at radius 2 is 2.35 bits per heavy atom. The molecule has 2 rings (SSSR count). The number of nitrogens with zero attached hydrogens (tertiary/aromatic N) is 2. The molecule has 3 nitrogen and oxygen atoms in total. The van der Waals surface area contributed by atoms with Crippen molar-refractivity contribution in [1.82, 2.24) is 4.98 Å². The molecule has 17 heavy (non-hydrogen) atoms. The van der Waals surface area contributed by atoms with Crippen molar-refractivity contribution in [3.8, 4) is 0 Å². The Morgan fingerprint density at radius 3 is 2.88 bits per heavy atom. The maximum atomic E-state index is 13.8. The van der Waals surface area contributed by atoms with Crippen molar-refractivity contribution >= 4 is 34.6 Å². The summed E-state index contributed by atoms with van der Waals surface area (Å²) in [5.41, 5.74) is 5.47. The van der Waals surface area contributed by atoms with Crippen LogP contribution >= 0.6 is 23.8 Å². The molecule has 92 valence electrons. The third kappa shape index (κ3) is 3.26. The minimum atomic E-state index is -0.396. The molecule has 0 unspecified atom stereocenters. The summed E-state index contributed by atoms with van der Waals surface area (Å²) in [4.78, 5) is 6.41. The van der Waals surface area contributed by atoms with Gasteiger partial charge in [-0.1, -0.05) is 23.8 Å². The Kier molecular flexibility index (Phi) is 3.79. The van der Waals surface area contributed by atoms with Gasteiger partial charge in [0.1, 0.15) is 0 Å². The van der Waals surface area contributed by atoms with Gasteiger partial charge in [0.15, 0.2) is 11.6 Å². The quantitative estimate of drug-likeness (QED) is 0.837. The lowest BCUT2D eigenvalue weighted by atomic mass is 10.3. The summed E-state index contributed by atoms with van der Waals surface area (Å²) in [6, 6.07) is 1.63. The van der Waals surface area contributed by atoms with Crippen LogP contribution in [0.3, 0.4) is 0 Å². The van der Waals surface area contributed by atoms with Gasteiger partial charge in [0, 0.05) is 25.2 Å². The van der Waals surface area contributed by atoms with E-state index in [1.54, 1.807) is 0 Å². The molecule has 1 saturated carbocycles. The Bertz CT molecular complexity index is 437. The number of nitrogens with two attached hydrogens (primary N) is 1. The first-order valence-electron chi connectivity index (χ1n) is 5.44. The third-order valence-corrected chi connectivity index (χ3v) is 3.06. The lowest BCUT2D eigenvalue weighted by Crippen LogP contribution is -2.31. The molecule has 6 heteroatoms. The number of hydrogen-bond acceptors (Lipinski definition) is 3. The van der Waals surface area contributed by atoms with Gasteiger partial charge in [0.2, 0.25) is 0 Å². The first kappa shape index (κ1) is 12.5. The van der Waals surface area contributed by atoms with E-state index in [1.165, 1.54) is 12.3 Å². The lowest BCUT2D eigenvalue weighted by molar-refractivity contribution is 0.607. The maximum absolute atomic E-state index is 13.8. The van der Waals surface area contributed by atoms with E-state index in [2.05, 4.69) is 4.98 Å². The highest BCUT2D eigenvalue weighted by molar-refractivity contribution is 7.80. The first-order chi connectivity index (χ1) is 8.08. The summed E-state index contributed by atoms with van der Waals surface area (Å²) in [7, 11) is 0. The second kappa shape index (κ2) is 5.14. The highest BCUT2D eigenvalue weighted by atomic mass is 35.5. The van der Waals surface area contributed by atoms with Crippen LogP contribution in [0.4, 0.5) is 10.2 Å². The van der Waals surface area contributed by atoms with E-state index in [0.29, 0.717) is 34.8 Å². The normalized spacial score (nSPS) is 14.7. The number of anilines is 1. The summed E-state index contributed by atoms with van der Waals surface area (Å²) in [5, 5.41) is 0.302. The van der Waals surface area contributed by atoms with Crippen molar-refractivity contribution < 1.29 is 4.39 Å². The first-order valence-corrected chi connectivity index (χ1v) is 6.22. The number of aromatic nitrogens is 1. The average Bonchev–Trinajstić information content (AvgIpc) is 3.04. The second-order valence-electron chi connectivity index (χ2n) is 4.10. The van der Waals surface area contributed by atoms with Gasteiger partial charge in [-0.05, 0) is 18.9 Å². The van der Waals surface area contributed by atoms with Gasteiger partial charge in [-0.3, -0.25) is 0 Å². The van der Waals surface area contributed by atoms with E-state index >= 15 is 0 Å². The smallest absolute Gasteiger partial charge is 0.167 e. The van der Waals surface area contributed by atoms with Crippen LogP contribution in [-0.4, -0.2) is 22.6 Å². The number of rotatable bonds is 5. The molecule has 0 spiro atoms. The van der Waals surface area contributed by atoms with Crippen LogP contribution in [0.5, 0.6) is 0 Å². The monoisotopic (exact) mass is 273 g/mol. The van der Waals surface area contributed by atoms with E-state index in [0.717, 1.165) is 12.8 Å². The number of thiocarbonyl (C=S) groups is 1. The molecule has 1 aromatic heterocycles. The van der Waals surface area contributed by atoms with Crippen LogP contribution in [0, 0.1) is 5.82 Å². The molecule has 1 heterocycles. The minimum Gasteiger partial charge on any atom is -0.393 e. The number of pyridine rings is 1. The fraction of sp³-hybridized carbons (Fsp3) is 0.455. The molecule has 0 aromatic carbocycles. The summed E-state index contributed by atoms with van der Waals surface area (Å²) in [5.74, 6) is -0.0551. The molecule has 0 aliphatic heterocycles. The van der Waals surface area contributed by atoms with Crippen LogP contribution in [0.15, 0.2) is 12.3 Å². The zero-order valence-corrected chi connectivity index (χ0v) is 10.8. The van der Waals surface area contributed by atoms with Crippen molar-refractivity contribution in [2.45, 2.75) is 25.3 Å². The van der Waals surface area contributed by atoms with Crippen molar-refractivity contribution in [3.05, 3.63) is 23.1 Å². The Labute approximate surface area is 110 Å². The van der Waals surface area contributed by atoms with E-state index in [4.69, 9.17) is 29.6 Å². The predicted octanol–water partition coefficient (Wildman–Crippen LogP) is 2.52.